The maximum atomic E-state index is 12.7. The van der Waals surface area contributed by atoms with Gasteiger partial charge in [-0.05, 0) is 36.2 Å². The molecule has 3 heterocycles. The first-order valence-electron chi connectivity index (χ1n) is 5.51. The van der Waals surface area contributed by atoms with Crippen molar-refractivity contribution >= 4 is 34.3 Å². The molecule has 0 aliphatic rings. The van der Waals surface area contributed by atoms with Gasteiger partial charge >= 0.3 is 6.18 Å². The normalized spacial score (nSPS) is 12.2. The molecule has 3 nitrogen and oxygen atoms in total. The van der Waals surface area contributed by atoms with E-state index in [9.17, 15) is 13.2 Å². The van der Waals surface area contributed by atoms with Gasteiger partial charge in [-0.1, -0.05) is 0 Å². The Labute approximate surface area is 120 Å². The molecule has 0 saturated heterocycles. The summed E-state index contributed by atoms with van der Waals surface area (Å²) in [6.07, 6.45) is -2.92. The summed E-state index contributed by atoms with van der Waals surface area (Å²) in [7, 11) is 0. The van der Waals surface area contributed by atoms with Crippen molar-refractivity contribution in [1.82, 2.24) is 9.97 Å². The molecule has 0 aliphatic heterocycles. The molecule has 0 aromatic carbocycles. The van der Waals surface area contributed by atoms with Crippen LogP contribution in [0.25, 0.3) is 21.5 Å². The van der Waals surface area contributed by atoms with Crippen molar-refractivity contribution in [3.63, 3.8) is 0 Å². The molecule has 3 aromatic rings. The summed E-state index contributed by atoms with van der Waals surface area (Å²) < 4.78 is 39.1. The molecule has 0 aliphatic carbocycles. The third-order valence-corrected chi connectivity index (χ3v) is 4.62. The van der Waals surface area contributed by atoms with Gasteiger partial charge in [-0.15, -0.1) is 11.3 Å². The van der Waals surface area contributed by atoms with E-state index in [1.807, 2.05) is 12.1 Å². The molecular weight excluding hydrogens is 307 g/mol. The molecule has 0 radical (unpaired) electrons. The first-order chi connectivity index (χ1) is 9.49. The summed E-state index contributed by atoms with van der Waals surface area (Å²) in [6.45, 7) is 0. The molecule has 3 rings (SSSR count). The number of nitrogens with two attached hydrogens (primary N) is 1. The Kier molecular flexibility index (Phi) is 3.23. The number of fused-ring (bicyclic) bond motifs is 1. The monoisotopic (exact) mass is 315 g/mol. The lowest BCUT2D eigenvalue weighted by molar-refractivity contribution is -0.140. The average Bonchev–Trinajstić information content (AvgIpc) is 3.04. The predicted octanol–water partition coefficient (Wildman–Crippen LogP) is 4.28. The molecular formula is C12H8F3N3S2. The molecule has 3 N–H and O–H groups in total. The molecule has 104 valence electrons. The second kappa shape index (κ2) is 4.80. The summed E-state index contributed by atoms with van der Waals surface area (Å²) in [5.74, 6) is 0. The van der Waals surface area contributed by atoms with Crippen molar-refractivity contribution < 1.29 is 13.2 Å². The first-order valence-corrected chi connectivity index (χ1v) is 7.20. The third-order valence-electron chi connectivity index (χ3n) is 2.80. The summed E-state index contributed by atoms with van der Waals surface area (Å²) in [4.78, 5) is 7.11. The number of thiophene rings is 1. The highest BCUT2D eigenvalue weighted by Crippen LogP contribution is 2.38. The fraction of sp³-hybridized carbons (Fsp3) is 0.0833. The molecule has 8 heteroatoms. The van der Waals surface area contributed by atoms with Gasteiger partial charge in [0.2, 0.25) is 0 Å². The second-order valence-corrected chi connectivity index (χ2v) is 6.06. The number of nitrogens with one attached hydrogen (secondary N) is 1. The zero-order valence-corrected chi connectivity index (χ0v) is 11.5. The van der Waals surface area contributed by atoms with Crippen LogP contribution in [-0.2, 0) is 6.18 Å². The Morgan fingerprint density at radius 1 is 1.25 bits per heavy atom. The number of nitrogens with zero attached hydrogens (tertiary/aromatic N) is 1. The highest BCUT2D eigenvalue weighted by atomic mass is 32.2. The van der Waals surface area contributed by atoms with E-state index in [0.29, 0.717) is 10.9 Å². The number of hydrogen-bond acceptors (Lipinski definition) is 4. The Morgan fingerprint density at radius 3 is 2.70 bits per heavy atom. The maximum Gasteiger partial charge on any atom is 0.431 e. The van der Waals surface area contributed by atoms with E-state index < -0.39 is 11.9 Å². The minimum absolute atomic E-state index is 0.227. The summed E-state index contributed by atoms with van der Waals surface area (Å²) in [5, 5.41) is 5.93. The van der Waals surface area contributed by atoms with Crippen molar-refractivity contribution in [3.05, 3.63) is 36.2 Å². The van der Waals surface area contributed by atoms with Gasteiger partial charge in [-0.25, -0.2) is 4.98 Å². The van der Waals surface area contributed by atoms with Crippen molar-refractivity contribution in [2.45, 2.75) is 10.4 Å². The van der Waals surface area contributed by atoms with E-state index >= 15 is 0 Å². The van der Waals surface area contributed by atoms with Gasteiger partial charge in [0.15, 0.2) is 0 Å². The van der Waals surface area contributed by atoms with E-state index in [1.165, 1.54) is 17.5 Å². The fourth-order valence-corrected chi connectivity index (χ4v) is 3.31. The Balaban J connectivity index is 2.18. The molecule has 3 aromatic heterocycles. The van der Waals surface area contributed by atoms with Crippen molar-refractivity contribution in [2.24, 2.45) is 5.14 Å². The highest BCUT2D eigenvalue weighted by Gasteiger charge is 2.33. The van der Waals surface area contributed by atoms with Gasteiger partial charge in [0.05, 0.1) is 4.21 Å². The lowest BCUT2D eigenvalue weighted by Gasteiger charge is -2.00. The summed E-state index contributed by atoms with van der Waals surface area (Å²) >= 11 is 2.55. The molecule has 0 atom stereocenters. The number of H-pyrrole nitrogens is 1. The van der Waals surface area contributed by atoms with Crippen LogP contribution in [0.5, 0.6) is 0 Å². The van der Waals surface area contributed by atoms with Crippen molar-refractivity contribution in [2.75, 3.05) is 0 Å². The number of hydrogen-bond donors (Lipinski definition) is 2. The maximum absolute atomic E-state index is 12.7. The van der Waals surface area contributed by atoms with Crippen LogP contribution in [0.4, 0.5) is 13.2 Å². The fourth-order valence-electron chi connectivity index (χ4n) is 1.92. The minimum Gasteiger partial charge on any atom is -0.336 e. The Hall–Kier alpha value is -1.51. The average molecular weight is 315 g/mol. The van der Waals surface area contributed by atoms with Crippen LogP contribution >= 0.6 is 23.3 Å². The molecule has 0 saturated carbocycles. The van der Waals surface area contributed by atoms with Crippen molar-refractivity contribution in [1.29, 1.82) is 0 Å². The number of pyridine rings is 1. The van der Waals surface area contributed by atoms with Crippen LogP contribution in [0.3, 0.4) is 0 Å². The van der Waals surface area contributed by atoms with E-state index in [0.717, 1.165) is 27.1 Å². The molecule has 0 fully saturated rings. The third kappa shape index (κ3) is 2.30. The van der Waals surface area contributed by atoms with E-state index in [4.69, 9.17) is 5.14 Å². The largest absolute Gasteiger partial charge is 0.431 e. The number of rotatable bonds is 2. The number of aromatic amines is 1. The van der Waals surface area contributed by atoms with Crippen LogP contribution < -0.4 is 5.14 Å². The van der Waals surface area contributed by atoms with Gasteiger partial charge in [0.1, 0.15) is 11.3 Å². The topological polar surface area (TPSA) is 54.7 Å². The quantitative estimate of drug-likeness (QED) is 0.694. The van der Waals surface area contributed by atoms with Crippen LogP contribution in [-0.4, -0.2) is 9.97 Å². The van der Waals surface area contributed by atoms with Gasteiger partial charge in [-0.2, -0.15) is 13.2 Å². The number of aromatic nitrogens is 2. The van der Waals surface area contributed by atoms with Crippen LogP contribution in [0, 0.1) is 0 Å². The summed E-state index contributed by atoms with van der Waals surface area (Å²) in [6, 6.07) is 6.48. The highest BCUT2D eigenvalue weighted by molar-refractivity contribution is 7.99. The van der Waals surface area contributed by atoms with Gasteiger partial charge in [0, 0.05) is 22.0 Å². The SMILES string of the molecule is NSc1ccc(-c2ccnc3[nH]c(C(F)(F)F)cc23)s1. The molecule has 20 heavy (non-hydrogen) atoms. The first kappa shape index (κ1) is 13.5. The van der Waals surface area contributed by atoms with Crippen LogP contribution in [0.2, 0.25) is 0 Å². The molecule has 0 spiro atoms. The smallest absolute Gasteiger partial charge is 0.336 e. The van der Waals surface area contributed by atoms with Gasteiger partial charge in [-0.3, -0.25) is 5.14 Å². The molecule has 0 bridgehead atoms. The lowest BCUT2D eigenvalue weighted by Crippen LogP contribution is -2.04. The van der Waals surface area contributed by atoms with E-state index in [-0.39, 0.29) is 5.65 Å². The Morgan fingerprint density at radius 2 is 2.05 bits per heavy atom. The minimum atomic E-state index is -4.41. The standard InChI is InChI=1S/C12H8F3N3S2/c13-12(14,15)9-5-7-6(3-4-17-11(7)18-9)8-1-2-10(19-8)20-16/h1-5H,16H2,(H,17,18). The van der Waals surface area contributed by atoms with Crippen molar-refractivity contribution in [3.8, 4) is 10.4 Å². The Bertz CT molecular complexity index is 761. The molecule has 0 unspecified atom stereocenters. The number of halogens is 3. The zero-order chi connectivity index (χ0) is 14.3. The number of alkyl halides is 3. The van der Waals surface area contributed by atoms with E-state index in [2.05, 4.69) is 9.97 Å². The van der Waals surface area contributed by atoms with E-state index in [1.54, 1.807) is 6.07 Å². The lowest BCUT2D eigenvalue weighted by atomic mass is 10.1. The summed E-state index contributed by atoms with van der Waals surface area (Å²) in [5.41, 5.74) is 0.148. The predicted molar refractivity (Wildman–Crippen MR) is 74.5 cm³/mol. The van der Waals surface area contributed by atoms with Gasteiger partial charge < -0.3 is 4.98 Å². The van der Waals surface area contributed by atoms with Crippen LogP contribution in [0.1, 0.15) is 5.69 Å². The van der Waals surface area contributed by atoms with Crippen LogP contribution in [0.15, 0.2) is 34.7 Å². The molecule has 0 amide bonds. The zero-order valence-electron chi connectivity index (χ0n) is 9.86. The second-order valence-electron chi connectivity index (χ2n) is 4.04. The van der Waals surface area contributed by atoms with Gasteiger partial charge in [0.25, 0.3) is 0 Å².